The van der Waals surface area contributed by atoms with Gasteiger partial charge in [0.15, 0.2) is 11.5 Å². The van der Waals surface area contributed by atoms with Crippen LogP contribution in [0.5, 0.6) is 5.75 Å². The van der Waals surface area contributed by atoms with E-state index in [2.05, 4.69) is 27.6 Å². The van der Waals surface area contributed by atoms with Crippen molar-refractivity contribution in [2.75, 3.05) is 20.3 Å². The lowest BCUT2D eigenvalue weighted by atomic mass is 9.90. The summed E-state index contributed by atoms with van der Waals surface area (Å²) >= 11 is 2.20. The summed E-state index contributed by atoms with van der Waals surface area (Å²) in [5.41, 5.74) is 2.14. The fourth-order valence-corrected chi connectivity index (χ4v) is 3.22. The number of fused-ring (bicyclic) bond motifs is 2. The van der Waals surface area contributed by atoms with Crippen LogP contribution in [0.15, 0.2) is 6.07 Å². The number of hydrogen-bond acceptors (Lipinski definition) is 4. The molecular weight excluding hydrogens is 333 g/mol. The van der Waals surface area contributed by atoms with Crippen molar-refractivity contribution in [3.05, 3.63) is 21.0 Å². The summed E-state index contributed by atoms with van der Waals surface area (Å²) in [5, 5.41) is 0. The first kappa shape index (κ1) is 11.7. The van der Waals surface area contributed by atoms with E-state index < -0.39 is 5.79 Å². The van der Waals surface area contributed by atoms with Crippen LogP contribution < -0.4 is 4.74 Å². The Hall–Kier alpha value is -0.400. The second kappa shape index (κ2) is 4.37. The van der Waals surface area contributed by atoms with Gasteiger partial charge in [-0.2, -0.15) is 0 Å². The third-order valence-electron chi connectivity index (χ3n) is 3.33. The third-order valence-corrected chi connectivity index (χ3v) is 4.10. The second-order valence-corrected chi connectivity index (χ2v) is 5.30. The van der Waals surface area contributed by atoms with E-state index in [0.717, 1.165) is 40.0 Å². The van der Waals surface area contributed by atoms with Gasteiger partial charge in [0.1, 0.15) is 3.70 Å². The van der Waals surface area contributed by atoms with Crippen LogP contribution in [0.1, 0.15) is 24.1 Å². The van der Waals surface area contributed by atoms with Gasteiger partial charge in [-0.05, 0) is 41.5 Å². The Balaban J connectivity index is 2.12. The zero-order valence-corrected chi connectivity index (χ0v) is 11.8. The largest absolute Gasteiger partial charge is 0.494 e. The van der Waals surface area contributed by atoms with Crippen LogP contribution in [0.3, 0.4) is 0 Å². The summed E-state index contributed by atoms with van der Waals surface area (Å²) in [4.78, 5) is 4.61. The predicted molar refractivity (Wildman–Crippen MR) is 70.0 cm³/mol. The Morgan fingerprint density at radius 2 is 2.18 bits per heavy atom. The highest BCUT2D eigenvalue weighted by Gasteiger charge is 2.43. The Morgan fingerprint density at radius 3 is 2.88 bits per heavy atom. The predicted octanol–water partition coefficient (Wildman–Crippen LogP) is 2.23. The van der Waals surface area contributed by atoms with E-state index in [1.54, 1.807) is 7.11 Å². The summed E-state index contributed by atoms with van der Waals surface area (Å²) in [5.74, 6) is 0.239. The minimum absolute atomic E-state index is 0.557. The van der Waals surface area contributed by atoms with Gasteiger partial charge in [0.2, 0.25) is 0 Å². The van der Waals surface area contributed by atoms with Gasteiger partial charge in [-0.3, -0.25) is 0 Å². The van der Waals surface area contributed by atoms with E-state index in [0.29, 0.717) is 13.2 Å². The molecule has 2 heterocycles. The van der Waals surface area contributed by atoms with Gasteiger partial charge in [-0.15, -0.1) is 0 Å². The molecule has 0 bridgehead atoms. The topological polar surface area (TPSA) is 40.6 Å². The molecule has 0 amide bonds. The summed E-state index contributed by atoms with van der Waals surface area (Å²) in [6, 6.07) is 2.02. The van der Waals surface area contributed by atoms with Gasteiger partial charge >= 0.3 is 0 Å². The molecule has 1 fully saturated rings. The molecule has 5 heteroatoms. The first-order valence-corrected chi connectivity index (χ1v) is 6.85. The highest BCUT2D eigenvalue weighted by atomic mass is 127. The lowest BCUT2D eigenvalue weighted by Gasteiger charge is -2.33. The molecule has 0 aromatic carbocycles. The van der Waals surface area contributed by atoms with Crippen LogP contribution >= 0.6 is 22.6 Å². The second-order valence-electron chi connectivity index (χ2n) is 4.28. The number of aryl methyl sites for hydroxylation is 1. The molecule has 0 N–H and O–H groups in total. The van der Waals surface area contributed by atoms with Gasteiger partial charge in [0.05, 0.1) is 26.0 Å². The highest BCUT2D eigenvalue weighted by Crippen LogP contribution is 2.43. The first-order chi connectivity index (χ1) is 8.25. The maximum Gasteiger partial charge on any atom is 0.196 e. The molecule has 4 nitrogen and oxygen atoms in total. The SMILES string of the molecule is COc1cc2c(nc1I)CCCC21OCCO1. The molecule has 1 aliphatic heterocycles. The van der Waals surface area contributed by atoms with Crippen molar-refractivity contribution in [2.45, 2.75) is 25.0 Å². The Kier molecular flexibility index (Phi) is 3.00. The number of aromatic nitrogens is 1. The van der Waals surface area contributed by atoms with E-state index in [9.17, 15) is 0 Å². The average Bonchev–Trinajstić information content (AvgIpc) is 2.78. The fourth-order valence-electron chi connectivity index (χ4n) is 2.55. The van der Waals surface area contributed by atoms with Gasteiger partial charge in [0, 0.05) is 12.0 Å². The zero-order valence-electron chi connectivity index (χ0n) is 9.66. The minimum Gasteiger partial charge on any atom is -0.494 e. The standard InChI is InChI=1S/C12H14INO3/c1-15-10-7-8-9(14-11(10)13)3-2-4-12(8)16-5-6-17-12/h7H,2-6H2,1H3. The van der Waals surface area contributed by atoms with Crippen molar-refractivity contribution < 1.29 is 14.2 Å². The highest BCUT2D eigenvalue weighted by molar-refractivity contribution is 14.1. The van der Waals surface area contributed by atoms with Crippen molar-refractivity contribution in [3.8, 4) is 5.75 Å². The van der Waals surface area contributed by atoms with E-state index in [-0.39, 0.29) is 0 Å². The van der Waals surface area contributed by atoms with Crippen LogP contribution in [-0.4, -0.2) is 25.3 Å². The number of methoxy groups -OCH3 is 1. The lowest BCUT2D eigenvalue weighted by molar-refractivity contribution is -0.176. The van der Waals surface area contributed by atoms with Crippen LogP contribution in [0.4, 0.5) is 0 Å². The Bertz CT molecular complexity index is 444. The van der Waals surface area contributed by atoms with Crippen molar-refractivity contribution in [3.63, 3.8) is 0 Å². The first-order valence-electron chi connectivity index (χ1n) is 5.77. The lowest BCUT2D eigenvalue weighted by Crippen LogP contribution is -2.32. The van der Waals surface area contributed by atoms with Crippen LogP contribution in [-0.2, 0) is 21.7 Å². The molecule has 1 aliphatic carbocycles. The van der Waals surface area contributed by atoms with E-state index >= 15 is 0 Å². The van der Waals surface area contributed by atoms with Gasteiger partial charge in [-0.1, -0.05) is 0 Å². The number of halogens is 1. The quantitative estimate of drug-likeness (QED) is 0.577. The third kappa shape index (κ3) is 1.84. The van der Waals surface area contributed by atoms with Gasteiger partial charge in [-0.25, -0.2) is 4.98 Å². The van der Waals surface area contributed by atoms with Crippen molar-refractivity contribution in [1.29, 1.82) is 0 Å². The molecule has 0 saturated carbocycles. The normalized spacial score (nSPS) is 21.5. The fraction of sp³-hybridized carbons (Fsp3) is 0.583. The van der Waals surface area contributed by atoms with Crippen molar-refractivity contribution in [2.24, 2.45) is 0 Å². The van der Waals surface area contributed by atoms with Crippen LogP contribution in [0, 0.1) is 3.70 Å². The molecule has 0 atom stereocenters. The van der Waals surface area contributed by atoms with Crippen molar-refractivity contribution >= 4 is 22.6 Å². The van der Waals surface area contributed by atoms with Gasteiger partial charge < -0.3 is 14.2 Å². The van der Waals surface area contributed by atoms with Crippen LogP contribution in [0.25, 0.3) is 0 Å². The molecule has 0 radical (unpaired) electrons. The summed E-state index contributed by atoms with van der Waals surface area (Å²) in [7, 11) is 1.66. The molecule has 2 aliphatic rings. The Morgan fingerprint density at radius 1 is 1.41 bits per heavy atom. The van der Waals surface area contributed by atoms with E-state index in [1.165, 1.54) is 0 Å². The Labute approximate surface area is 114 Å². The maximum absolute atomic E-state index is 5.83. The number of pyridine rings is 1. The molecule has 0 unspecified atom stereocenters. The molecule has 92 valence electrons. The molecule has 1 spiro atoms. The summed E-state index contributed by atoms with van der Waals surface area (Å²) in [6.07, 6.45) is 2.96. The van der Waals surface area contributed by atoms with Crippen molar-refractivity contribution in [1.82, 2.24) is 4.98 Å². The monoisotopic (exact) mass is 347 g/mol. The van der Waals surface area contributed by atoms with E-state index in [1.807, 2.05) is 6.07 Å². The number of hydrogen-bond donors (Lipinski definition) is 0. The molecule has 3 rings (SSSR count). The molecule has 1 aromatic rings. The summed E-state index contributed by atoms with van der Waals surface area (Å²) in [6.45, 7) is 1.32. The number of nitrogens with zero attached hydrogens (tertiary/aromatic N) is 1. The van der Waals surface area contributed by atoms with E-state index in [4.69, 9.17) is 14.2 Å². The molecule has 1 saturated heterocycles. The zero-order chi connectivity index (χ0) is 11.9. The molecule has 1 aromatic heterocycles. The molecular formula is C12H14INO3. The minimum atomic E-state index is -0.557. The maximum atomic E-state index is 5.83. The number of rotatable bonds is 1. The summed E-state index contributed by atoms with van der Waals surface area (Å²) < 4.78 is 17.9. The van der Waals surface area contributed by atoms with Gasteiger partial charge in [0.25, 0.3) is 0 Å². The number of ether oxygens (including phenoxy) is 3. The average molecular weight is 347 g/mol. The molecule has 17 heavy (non-hydrogen) atoms. The smallest absolute Gasteiger partial charge is 0.196 e. The van der Waals surface area contributed by atoms with Crippen LogP contribution in [0.2, 0.25) is 0 Å².